The number of fused-ring (bicyclic) bond motifs is 1. The fraction of sp³-hybridized carbons (Fsp3) is 0. The van der Waals surface area contributed by atoms with Gasteiger partial charge in [-0.2, -0.15) is 8.42 Å². The minimum Gasteiger partial charge on any atom is -0.398 e. The predicted molar refractivity (Wildman–Crippen MR) is 71.8 cm³/mol. The maximum Gasteiger partial charge on any atom is 0.287 e. The van der Waals surface area contributed by atoms with Gasteiger partial charge in [-0.25, -0.2) is 13.6 Å². The maximum atomic E-state index is 12.0. The summed E-state index contributed by atoms with van der Waals surface area (Å²) in [4.78, 5) is -0.202. The summed E-state index contributed by atoms with van der Waals surface area (Å²) in [6.07, 6.45) is 0. The number of nitrogens with two attached hydrogens (primary N) is 2. The van der Waals surface area contributed by atoms with E-state index >= 15 is 0 Å². The number of rotatable bonds is 3. The first-order valence-electron chi connectivity index (χ1n) is 5.04. The monoisotopic (exact) mass is 301 g/mol. The lowest BCUT2D eigenvalue weighted by Gasteiger charge is -2.09. The Bertz CT molecular complexity index is 844. The molecule has 0 fully saturated rings. The Hall–Kier alpha value is -1.68. The molecule has 2 rings (SSSR count). The van der Waals surface area contributed by atoms with Gasteiger partial charge < -0.3 is 5.73 Å². The first-order valence-corrected chi connectivity index (χ1v) is 8.07. The van der Waals surface area contributed by atoms with Gasteiger partial charge in [-0.3, -0.25) is 0 Å². The van der Waals surface area contributed by atoms with Crippen LogP contribution in [0.4, 0.5) is 5.69 Å². The second kappa shape index (κ2) is 4.46. The van der Waals surface area contributed by atoms with E-state index in [0.717, 1.165) is 0 Å². The van der Waals surface area contributed by atoms with Crippen LogP contribution >= 0.6 is 0 Å². The SMILES string of the molecule is Nc1ccc(S(=O)(=O)NS(N)(=O)=O)c2ccccc12. The molecule has 2 aromatic rings. The van der Waals surface area contributed by atoms with Gasteiger partial charge in [0.1, 0.15) is 0 Å². The standard InChI is InChI=1S/C10H11N3O4S2/c11-9-5-6-10(8-4-2-1-3-7(8)9)18(14,15)13-19(12,16)17/h1-6,13H,11H2,(H2,12,16,17). The molecule has 102 valence electrons. The van der Waals surface area contributed by atoms with Crippen LogP contribution in [0.1, 0.15) is 0 Å². The predicted octanol–water partition coefficient (Wildman–Crippen LogP) is -0.0962. The van der Waals surface area contributed by atoms with Gasteiger partial charge in [-0.15, -0.1) is 0 Å². The van der Waals surface area contributed by atoms with Crippen LogP contribution in [0.2, 0.25) is 0 Å². The second-order valence-corrected chi connectivity index (χ2v) is 7.03. The number of nitrogens with one attached hydrogen (secondary N) is 1. The quantitative estimate of drug-likeness (QED) is 0.681. The molecule has 7 nitrogen and oxygen atoms in total. The van der Waals surface area contributed by atoms with Gasteiger partial charge in [-0.05, 0) is 12.1 Å². The third kappa shape index (κ3) is 2.84. The smallest absolute Gasteiger partial charge is 0.287 e. The molecule has 0 heterocycles. The van der Waals surface area contributed by atoms with Crippen molar-refractivity contribution < 1.29 is 16.8 Å². The van der Waals surface area contributed by atoms with Crippen LogP contribution < -0.4 is 15.0 Å². The molecule has 0 aromatic heterocycles. The molecule has 0 amide bonds. The van der Waals surface area contributed by atoms with Crippen molar-refractivity contribution in [1.82, 2.24) is 4.13 Å². The van der Waals surface area contributed by atoms with Gasteiger partial charge in [0.25, 0.3) is 20.2 Å². The zero-order chi connectivity index (χ0) is 14.3. The summed E-state index contributed by atoms with van der Waals surface area (Å²) < 4.78 is 47.1. The topological polar surface area (TPSA) is 132 Å². The third-order valence-electron chi connectivity index (χ3n) is 2.43. The molecule has 0 aliphatic heterocycles. The van der Waals surface area contributed by atoms with Crippen molar-refractivity contribution in [2.75, 3.05) is 5.73 Å². The summed E-state index contributed by atoms with van der Waals surface area (Å²) in [5.74, 6) is 0. The molecule has 0 atom stereocenters. The first kappa shape index (κ1) is 13.7. The van der Waals surface area contributed by atoms with Gasteiger partial charge in [0.15, 0.2) is 0 Å². The fourth-order valence-electron chi connectivity index (χ4n) is 1.73. The summed E-state index contributed by atoms with van der Waals surface area (Å²) in [6, 6.07) is 9.11. The highest BCUT2D eigenvalue weighted by Gasteiger charge is 2.22. The molecule has 0 saturated heterocycles. The van der Waals surface area contributed by atoms with Crippen LogP contribution in [-0.2, 0) is 20.2 Å². The van der Waals surface area contributed by atoms with Crippen molar-refractivity contribution >= 4 is 36.7 Å². The fourth-order valence-corrected chi connectivity index (χ4v) is 4.02. The molecule has 2 aromatic carbocycles. The Morgan fingerprint density at radius 1 is 0.895 bits per heavy atom. The summed E-state index contributed by atoms with van der Waals surface area (Å²) in [5.41, 5.74) is 6.13. The van der Waals surface area contributed by atoms with Crippen LogP contribution in [0, 0.1) is 0 Å². The second-order valence-electron chi connectivity index (χ2n) is 3.83. The maximum absolute atomic E-state index is 12.0. The molecule has 0 spiro atoms. The molecule has 0 saturated carbocycles. The summed E-state index contributed by atoms with van der Waals surface area (Å²) in [6.45, 7) is 0. The summed E-state index contributed by atoms with van der Waals surface area (Å²) in [7, 11) is -8.66. The molecule has 0 aliphatic rings. The summed E-state index contributed by atoms with van der Waals surface area (Å²) in [5, 5.41) is 5.52. The highest BCUT2D eigenvalue weighted by atomic mass is 32.3. The zero-order valence-corrected chi connectivity index (χ0v) is 11.2. The van der Waals surface area contributed by atoms with E-state index in [4.69, 9.17) is 10.9 Å². The average molecular weight is 301 g/mol. The molecule has 0 bridgehead atoms. The molecular formula is C10H11N3O4S2. The van der Waals surface area contributed by atoms with Crippen molar-refractivity contribution in [3.8, 4) is 0 Å². The molecule has 9 heteroatoms. The van der Waals surface area contributed by atoms with Crippen LogP contribution in [0.3, 0.4) is 0 Å². The van der Waals surface area contributed by atoms with E-state index < -0.39 is 20.2 Å². The Kier molecular flexibility index (Phi) is 3.22. The van der Waals surface area contributed by atoms with Crippen LogP contribution in [0.5, 0.6) is 0 Å². The lowest BCUT2D eigenvalue weighted by atomic mass is 10.1. The third-order valence-corrected chi connectivity index (χ3v) is 5.18. The van der Waals surface area contributed by atoms with Gasteiger partial charge in [0.2, 0.25) is 0 Å². The number of anilines is 1. The van der Waals surface area contributed by atoms with Crippen molar-refractivity contribution in [3.63, 3.8) is 0 Å². The van der Waals surface area contributed by atoms with E-state index in [2.05, 4.69) is 0 Å². The Morgan fingerprint density at radius 2 is 1.47 bits per heavy atom. The van der Waals surface area contributed by atoms with Gasteiger partial charge in [-0.1, -0.05) is 28.4 Å². The van der Waals surface area contributed by atoms with Gasteiger partial charge >= 0.3 is 0 Å². The van der Waals surface area contributed by atoms with Crippen LogP contribution in [-0.4, -0.2) is 16.8 Å². The molecular weight excluding hydrogens is 290 g/mol. The Morgan fingerprint density at radius 3 is 2.05 bits per heavy atom. The highest BCUT2D eigenvalue weighted by molar-refractivity contribution is 8.03. The van der Waals surface area contributed by atoms with Crippen molar-refractivity contribution in [3.05, 3.63) is 36.4 Å². The van der Waals surface area contributed by atoms with Gasteiger partial charge in [0.05, 0.1) is 4.90 Å². The zero-order valence-electron chi connectivity index (χ0n) is 9.57. The lowest BCUT2D eigenvalue weighted by Crippen LogP contribution is -2.36. The van der Waals surface area contributed by atoms with Crippen molar-refractivity contribution in [2.45, 2.75) is 4.90 Å². The lowest BCUT2D eigenvalue weighted by molar-refractivity contribution is 0.578. The molecule has 5 N–H and O–H groups in total. The van der Waals surface area contributed by atoms with E-state index in [9.17, 15) is 16.8 Å². The summed E-state index contributed by atoms with van der Waals surface area (Å²) >= 11 is 0. The van der Waals surface area contributed by atoms with E-state index in [0.29, 0.717) is 16.5 Å². The van der Waals surface area contributed by atoms with Gasteiger partial charge in [0, 0.05) is 16.5 Å². The number of sulfonamides is 1. The highest BCUT2D eigenvalue weighted by Crippen LogP contribution is 2.27. The van der Waals surface area contributed by atoms with Crippen molar-refractivity contribution in [2.24, 2.45) is 5.14 Å². The first-order chi connectivity index (χ1) is 8.71. The minimum absolute atomic E-state index is 0.202. The van der Waals surface area contributed by atoms with Crippen LogP contribution in [0.15, 0.2) is 41.3 Å². The van der Waals surface area contributed by atoms with Crippen LogP contribution in [0.25, 0.3) is 10.8 Å². The largest absolute Gasteiger partial charge is 0.398 e. The minimum atomic E-state index is -4.38. The number of hydrogen-bond acceptors (Lipinski definition) is 5. The number of hydrogen-bond donors (Lipinski definition) is 3. The number of nitrogen functional groups attached to an aromatic ring is 1. The normalized spacial score (nSPS) is 12.7. The Balaban J connectivity index is 2.74. The van der Waals surface area contributed by atoms with Crippen molar-refractivity contribution in [1.29, 1.82) is 0 Å². The van der Waals surface area contributed by atoms with E-state index in [1.165, 1.54) is 22.3 Å². The molecule has 0 radical (unpaired) electrons. The number of benzene rings is 2. The molecule has 19 heavy (non-hydrogen) atoms. The Labute approximate surface area is 110 Å². The van der Waals surface area contributed by atoms with E-state index in [1.54, 1.807) is 18.2 Å². The molecule has 0 unspecified atom stereocenters. The molecule has 0 aliphatic carbocycles. The van der Waals surface area contributed by atoms with E-state index in [1.807, 2.05) is 0 Å². The van der Waals surface area contributed by atoms with E-state index in [-0.39, 0.29) is 4.90 Å². The average Bonchev–Trinajstić information content (AvgIpc) is 2.26.